The molecule has 0 aliphatic heterocycles. The number of para-hydroxylation sites is 1. The van der Waals surface area contributed by atoms with E-state index in [2.05, 4.69) is 9.82 Å². The van der Waals surface area contributed by atoms with Crippen LogP contribution in [-0.2, 0) is 16.6 Å². The molecule has 0 bridgehead atoms. The Morgan fingerprint density at radius 1 is 1.07 bits per heavy atom. The van der Waals surface area contributed by atoms with Gasteiger partial charge in [-0.2, -0.15) is 5.10 Å². The summed E-state index contributed by atoms with van der Waals surface area (Å²) in [6.45, 7) is 3.86. The summed E-state index contributed by atoms with van der Waals surface area (Å²) >= 11 is 0. The van der Waals surface area contributed by atoms with Crippen LogP contribution in [-0.4, -0.2) is 24.1 Å². The van der Waals surface area contributed by atoms with E-state index in [9.17, 15) is 13.2 Å². The molecule has 27 heavy (non-hydrogen) atoms. The molecular weight excluding hydrogens is 364 g/mol. The number of aromatic nitrogens is 2. The maximum atomic E-state index is 12.5. The standard InChI is InChI=1S/C19H20N4O3S/c1-13-18(14(2)23(22-13)16-6-4-3-5-7-16)12-21-27(25,26)17-10-8-15(9-11-17)19(20)24/h3-11,21H,12H2,1-2H3,(H2,20,24). The first kappa shape index (κ1) is 18.8. The molecule has 1 heterocycles. The summed E-state index contributed by atoms with van der Waals surface area (Å²) in [5, 5.41) is 4.52. The van der Waals surface area contributed by atoms with E-state index >= 15 is 0 Å². The Morgan fingerprint density at radius 2 is 1.70 bits per heavy atom. The highest BCUT2D eigenvalue weighted by Crippen LogP contribution is 2.19. The van der Waals surface area contributed by atoms with E-state index in [-0.39, 0.29) is 17.0 Å². The van der Waals surface area contributed by atoms with Gasteiger partial charge in [-0.1, -0.05) is 18.2 Å². The lowest BCUT2D eigenvalue weighted by molar-refractivity contribution is 0.1000. The van der Waals surface area contributed by atoms with Gasteiger partial charge in [0.05, 0.1) is 16.3 Å². The lowest BCUT2D eigenvalue weighted by atomic mass is 10.2. The number of carbonyl (C=O) groups is 1. The molecule has 0 aliphatic carbocycles. The molecular formula is C19H20N4O3S. The fourth-order valence-corrected chi connectivity index (χ4v) is 3.80. The van der Waals surface area contributed by atoms with Crippen molar-refractivity contribution in [1.82, 2.24) is 14.5 Å². The second-order valence-electron chi connectivity index (χ2n) is 6.11. The van der Waals surface area contributed by atoms with Gasteiger partial charge in [0.1, 0.15) is 0 Å². The van der Waals surface area contributed by atoms with Crippen LogP contribution in [0.5, 0.6) is 0 Å². The Balaban J connectivity index is 1.82. The normalized spacial score (nSPS) is 11.5. The molecule has 8 heteroatoms. The number of nitrogens with two attached hydrogens (primary N) is 1. The number of sulfonamides is 1. The van der Waals surface area contributed by atoms with Gasteiger partial charge in [-0.3, -0.25) is 4.79 Å². The zero-order valence-corrected chi connectivity index (χ0v) is 15.8. The fourth-order valence-electron chi connectivity index (χ4n) is 2.80. The molecule has 0 saturated heterocycles. The Morgan fingerprint density at radius 3 is 2.30 bits per heavy atom. The van der Waals surface area contributed by atoms with Gasteiger partial charge in [0.15, 0.2) is 0 Å². The van der Waals surface area contributed by atoms with Crippen LogP contribution in [0.4, 0.5) is 0 Å². The highest BCUT2D eigenvalue weighted by Gasteiger charge is 2.18. The molecule has 0 spiro atoms. The molecule has 2 aromatic carbocycles. The average Bonchev–Trinajstić information content (AvgIpc) is 2.95. The molecule has 0 radical (unpaired) electrons. The lowest BCUT2D eigenvalue weighted by Gasteiger charge is -2.08. The molecule has 3 rings (SSSR count). The molecule has 0 saturated carbocycles. The number of carbonyl (C=O) groups excluding carboxylic acids is 1. The number of nitrogens with zero attached hydrogens (tertiary/aromatic N) is 2. The van der Waals surface area contributed by atoms with Gasteiger partial charge in [0.2, 0.25) is 15.9 Å². The van der Waals surface area contributed by atoms with Gasteiger partial charge in [-0.25, -0.2) is 17.8 Å². The predicted octanol–water partition coefficient (Wildman–Crippen LogP) is 2.07. The van der Waals surface area contributed by atoms with Gasteiger partial charge in [0.25, 0.3) is 0 Å². The summed E-state index contributed by atoms with van der Waals surface area (Å²) in [5.74, 6) is -0.605. The Labute approximate surface area is 157 Å². The number of aryl methyl sites for hydroxylation is 1. The van der Waals surface area contributed by atoms with E-state index < -0.39 is 15.9 Å². The summed E-state index contributed by atoms with van der Waals surface area (Å²) in [5.41, 5.74) is 8.78. The van der Waals surface area contributed by atoms with Crippen LogP contribution in [0.25, 0.3) is 5.69 Å². The molecule has 0 aliphatic rings. The van der Waals surface area contributed by atoms with Crippen LogP contribution in [0.15, 0.2) is 59.5 Å². The number of benzene rings is 2. The lowest BCUT2D eigenvalue weighted by Crippen LogP contribution is -2.24. The minimum Gasteiger partial charge on any atom is -0.366 e. The highest BCUT2D eigenvalue weighted by atomic mass is 32.2. The third kappa shape index (κ3) is 3.91. The Bertz CT molecular complexity index is 1070. The van der Waals surface area contributed by atoms with Crippen molar-refractivity contribution in [3.8, 4) is 5.69 Å². The monoisotopic (exact) mass is 384 g/mol. The van der Waals surface area contributed by atoms with Crippen molar-refractivity contribution in [3.05, 3.63) is 77.1 Å². The van der Waals surface area contributed by atoms with Crippen molar-refractivity contribution in [1.29, 1.82) is 0 Å². The van der Waals surface area contributed by atoms with Gasteiger partial charge in [-0.05, 0) is 50.2 Å². The molecule has 140 valence electrons. The van der Waals surface area contributed by atoms with Crippen LogP contribution in [0.1, 0.15) is 27.3 Å². The minimum absolute atomic E-state index is 0.0678. The van der Waals surface area contributed by atoms with Gasteiger partial charge < -0.3 is 5.73 Å². The first-order valence-electron chi connectivity index (χ1n) is 8.29. The number of hydrogen-bond donors (Lipinski definition) is 2. The number of hydrogen-bond acceptors (Lipinski definition) is 4. The third-order valence-electron chi connectivity index (χ3n) is 4.33. The summed E-state index contributed by atoms with van der Waals surface area (Å²) in [6, 6.07) is 15.1. The van der Waals surface area contributed by atoms with Gasteiger partial charge >= 0.3 is 0 Å². The number of nitrogens with one attached hydrogen (secondary N) is 1. The predicted molar refractivity (Wildman–Crippen MR) is 102 cm³/mol. The second kappa shape index (κ2) is 7.34. The molecule has 3 N–H and O–H groups in total. The molecule has 1 aromatic heterocycles. The number of primary amides is 1. The van der Waals surface area contributed by atoms with Crippen molar-refractivity contribution >= 4 is 15.9 Å². The zero-order chi connectivity index (χ0) is 19.6. The Kier molecular flexibility index (Phi) is 5.11. The van der Waals surface area contributed by atoms with Crippen molar-refractivity contribution in [2.24, 2.45) is 5.73 Å². The number of amides is 1. The first-order chi connectivity index (χ1) is 12.8. The van der Waals surface area contributed by atoms with Crippen molar-refractivity contribution in [2.45, 2.75) is 25.3 Å². The molecule has 3 aromatic rings. The molecule has 0 fully saturated rings. The third-order valence-corrected chi connectivity index (χ3v) is 5.75. The molecule has 0 unspecified atom stereocenters. The van der Waals surface area contributed by atoms with Crippen LogP contribution >= 0.6 is 0 Å². The number of rotatable bonds is 6. The van der Waals surface area contributed by atoms with Crippen molar-refractivity contribution in [2.75, 3.05) is 0 Å². The van der Waals surface area contributed by atoms with E-state index in [1.807, 2.05) is 44.2 Å². The van der Waals surface area contributed by atoms with Gasteiger partial charge in [0, 0.05) is 23.4 Å². The summed E-state index contributed by atoms with van der Waals surface area (Å²) in [4.78, 5) is 11.2. The van der Waals surface area contributed by atoms with Crippen LogP contribution in [0.2, 0.25) is 0 Å². The average molecular weight is 384 g/mol. The summed E-state index contributed by atoms with van der Waals surface area (Å²) in [7, 11) is -3.73. The van der Waals surface area contributed by atoms with Crippen LogP contribution in [0, 0.1) is 13.8 Å². The zero-order valence-electron chi connectivity index (χ0n) is 15.0. The highest BCUT2D eigenvalue weighted by molar-refractivity contribution is 7.89. The van der Waals surface area contributed by atoms with E-state index in [1.54, 1.807) is 4.68 Å². The van der Waals surface area contributed by atoms with E-state index in [4.69, 9.17) is 5.73 Å². The van der Waals surface area contributed by atoms with Crippen molar-refractivity contribution < 1.29 is 13.2 Å². The van der Waals surface area contributed by atoms with Crippen LogP contribution in [0.3, 0.4) is 0 Å². The molecule has 1 amide bonds. The maximum absolute atomic E-state index is 12.5. The second-order valence-corrected chi connectivity index (χ2v) is 7.88. The quantitative estimate of drug-likeness (QED) is 0.678. The topological polar surface area (TPSA) is 107 Å². The fraction of sp³-hybridized carbons (Fsp3) is 0.158. The summed E-state index contributed by atoms with van der Waals surface area (Å²) < 4.78 is 29.4. The van der Waals surface area contributed by atoms with E-state index in [0.717, 1.165) is 22.6 Å². The van der Waals surface area contributed by atoms with Crippen molar-refractivity contribution in [3.63, 3.8) is 0 Å². The maximum Gasteiger partial charge on any atom is 0.248 e. The SMILES string of the molecule is Cc1nn(-c2ccccc2)c(C)c1CNS(=O)(=O)c1ccc(C(N)=O)cc1. The first-order valence-corrected chi connectivity index (χ1v) is 9.78. The van der Waals surface area contributed by atoms with Crippen LogP contribution < -0.4 is 10.5 Å². The van der Waals surface area contributed by atoms with E-state index in [1.165, 1.54) is 24.3 Å². The smallest absolute Gasteiger partial charge is 0.248 e. The molecule has 7 nitrogen and oxygen atoms in total. The minimum atomic E-state index is -3.73. The Hall–Kier alpha value is -2.97. The van der Waals surface area contributed by atoms with E-state index in [0.29, 0.717) is 0 Å². The summed E-state index contributed by atoms with van der Waals surface area (Å²) in [6.07, 6.45) is 0. The molecule has 0 atom stereocenters. The largest absolute Gasteiger partial charge is 0.366 e. The van der Waals surface area contributed by atoms with Gasteiger partial charge in [-0.15, -0.1) is 0 Å².